The number of rotatable bonds is 6. The van der Waals surface area contributed by atoms with E-state index in [1.807, 2.05) is 0 Å². The molecule has 0 aromatic heterocycles. The van der Waals surface area contributed by atoms with Gasteiger partial charge in [0.25, 0.3) is 0 Å². The summed E-state index contributed by atoms with van der Waals surface area (Å²) < 4.78 is 104. The number of halogens is 7. The predicted molar refractivity (Wildman–Crippen MR) is 80.1 cm³/mol. The number of hydrogen-bond donors (Lipinski definition) is 0. The summed E-state index contributed by atoms with van der Waals surface area (Å²) in [7, 11) is 0. The fraction of sp³-hybridized carbons (Fsp3) is 0.706. The van der Waals surface area contributed by atoms with Crippen LogP contribution in [-0.4, -0.2) is 54.7 Å². The highest BCUT2D eigenvalue weighted by molar-refractivity contribution is 6.03. The van der Waals surface area contributed by atoms with E-state index in [0.29, 0.717) is 0 Å². The SMILES string of the molecule is C=C(C)C(=O)OC1C2CC3C1OC(=O)C3(C(=O)OCC(F)(F)C(F)(F)C(F)(F)F)C2. The number of fused-ring (bicyclic) bond motifs is 1. The molecule has 30 heavy (non-hydrogen) atoms. The van der Waals surface area contributed by atoms with Crippen LogP contribution in [0.3, 0.4) is 0 Å². The summed E-state index contributed by atoms with van der Waals surface area (Å²) in [5.74, 6) is -17.4. The molecule has 3 aliphatic rings. The average molecular weight is 448 g/mol. The van der Waals surface area contributed by atoms with Crippen LogP contribution >= 0.6 is 0 Å². The van der Waals surface area contributed by atoms with E-state index in [1.165, 1.54) is 6.92 Å². The third-order valence-corrected chi connectivity index (χ3v) is 5.72. The van der Waals surface area contributed by atoms with E-state index in [2.05, 4.69) is 11.3 Å². The summed E-state index contributed by atoms with van der Waals surface area (Å²) in [5, 5.41) is 0. The standard InChI is InChI=1S/C17H15F7O6/c1-6(2)11(25)29-9-7-3-8-10(9)30-13(27)14(8,4-7)12(26)28-5-15(18,19)16(20,21)17(22,23)24/h7-10H,1,3-5H2,2H3. The van der Waals surface area contributed by atoms with Crippen LogP contribution in [0.1, 0.15) is 19.8 Å². The number of ether oxygens (including phenoxy) is 3. The lowest BCUT2D eigenvalue weighted by Gasteiger charge is -2.32. The van der Waals surface area contributed by atoms with Gasteiger partial charge in [-0.05, 0) is 19.8 Å². The molecule has 168 valence electrons. The van der Waals surface area contributed by atoms with Crippen LogP contribution in [0.5, 0.6) is 0 Å². The van der Waals surface area contributed by atoms with Gasteiger partial charge in [-0.1, -0.05) is 6.58 Å². The van der Waals surface area contributed by atoms with Gasteiger partial charge in [0.1, 0.15) is 12.2 Å². The number of esters is 3. The summed E-state index contributed by atoms with van der Waals surface area (Å²) in [5.41, 5.74) is -2.06. The van der Waals surface area contributed by atoms with Crippen molar-refractivity contribution >= 4 is 17.9 Å². The van der Waals surface area contributed by atoms with E-state index in [9.17, 15) is 45.1 Å². The van der Waals surface area contributed by atoms with Gasteiger partial charge in [-0.2, -0.15) is 30.7 Å². The molecule has 2 bridgehead atoms. The van der Waals surface area contributed by atoms with Crippen LogP contribution in [0.2, 0.25) is 0 Å². The van der Waals surface area contributed by atoms with Crippen molar-refractivity contribution in [2.24, 2.45) is 17.3 Å². The van der Waals surface area contributed by atoms with Gasteiger partial charge in [0.2, 0.25) is 0 Å². The molecule has 0 spiro atoms. The van der Waals surface area contributed by atoms with Gasteiger partial charge in [-0.15, -0.1) is 0 Å². The topological polar surface area (TPSA) is 78.9 Å². The highest BCUT2D eigenvalue weighted by Gasteiger charge is 2.77. The van der Waals surface area contributed by atoms with Crippen molar-refractivity contribution in [3.63, 3.8) is 0 Å². The van der Waals surface area contributed by atoms with E-state index in [-0.39, 0.29) is 18.4 Å². The van der Waals surface area contributed by atoms with Gasteiger partial charge in [0.15, 0.2) is 12.0 Å². The fourth-order valence-corrected chi connectivity index (χ4v) is 4.24. The summed E-state index contributed by atoms with van der Waals surface area (Å²) in [4.78, 5) is 36.4. The third kappa shape index (κ3) is 2.96. The normalized spacial score (nSPS) is 32.7. The van der Waals surface area contributed by atoms with Crippen molar-refractivity contribution in [2.45, 2.75) is 50.0 Å². The smallest absolute Gasteiger partial charge is 0.458 e. The first-order chi connectivity index (χ1) is 13.6. The molecule has 0 radical (unpaired) electrons. The maximum Gasteiger partial charge on any atom is 0.460 e. The van der Waals surface area contributed by atoms with Gasteiger partial charge in [-0.25, -0.2) is 4.79 Å². The van der Waals surface area contributed by atoms with E-state index in [4.69, 9.17) is 9.47 Å². The Morgan fingerprint density at radius 1 is 1.20 bits per heavy atom. The van der Waals surface area contributed by atoms with Crippen LogP contribution in [0.15, 0.2) is 12.2 Å². The Bertz CT molecular complexity index is 807. The monoisotopic (exact) mass is 448 g/mol. The average Bonchev–Trinajstić information content (AvgIpc) is 3.20. The number of hydrogen-bond acceptors (Lipinski definition) is 6. The van der Waals surface area contributed by atoms with Crippen LogP contribution in [-0.2, 0) is 28.6 Å². The first kappa shape index (κ1) is 22.3. The summed E-state index contributed by atoms with van der Waals surface area (Å²) in [6.07, 6.45) is -8.84. The maximum absolute atomic E-state index is 13.4. The molecule has 3 rings (SSSR count). The lowest BCUT2D eigenvalue weighted by Crippen LogP contribution is -2.55. The first-order valence-corrected chi connectivity index (χ1v) is 8.63. The van der Waals surface area contributed by atoms with Crippen molar-refractivity contribution in [1.29, 1.82) is 0 Å². The Kier molecular flexibility index (Phi) is 4.90. The predicted octanol–water partition coefficient (Wildman–Crippen LogP) is 2.80. The first-order valence-electron chi connectivity index (χ1n) is 8.63. The Balaban J connectivity index is 1.74. The van der Waals surface area contributed by atoms with Crippen molar-refractivity contribution < 1.29 is 59.3 Å². The van der Waals surface area contributed by atoms with Gasteiger partial charge in [-0.3, -0.25) is 9.59 Å². The second-order valence-electron chi connectivity index (χ2n) is 7.65. The molecule has 5 atom stereocenters. The Morgan fingerprint density at radius 3 is 2.33 bits per heavy atom. The molecule has 5 unspecified atom stereocenters. The zero-order chi connectivity index (χ0) is 22.9. The van der Waals surface area contributed by atoms with Crippen molar-refractivity contribution in [3.05, 3.63) is 12.2 Å². The number of alkyl halides is 7. The zero-order valence-corrected chi connectivity index (χ0v) is 15.2. The van der Waals surface area contributed by atoms with Crippen LogP contribution in [0, 0.1) is 17.3 Å². The third-order valence-electron chi connectivity index (χ3n) is 5.72. The minimum Gasteiger partial charge on any atom is -0.458 e. The van der Waals surface area contributed by atoms with E-state index >= 15 is 0 Å². The highest BCUT2D eigenvalue weighted by Crippen LogP contribution is 2.63. The largest absolute Gasteiger partial charge is 0.460 e. The van der Waals surface area contributed by atoms with Crippen LogP contribution in [0.4, 0.5) is 30.7 Å². The molecule has 1 aliphatic heterocycles. The van der Waals surface area contributed by atoms with Gasteiger partial charge in [0.05, 0.1) is 0 Å². The second-order valence-corrected chi connectivity index (χ2v) is 7.65. The van der Waals surface area contributed by atoms with Crippen molar-refractivity contribution in [3.8, 4) is 0 Å². The van der Waals surface area contributed by atoms with Gasteiger partial charge < -0.3 is 14.2 Å². The minimum atomic E-state index is -6.58. The zero-order valence-electron chi connectivity index (χ0n) is 15.2. The van der Waals surface area contributed by atoms with Crippen molar-refractivity contribution in [2.75, 3.05) is 6.61 Å². The molecule has 0 aromatic rings. The quantitative estimate of drug-likeness (QED) is 0.205. The van der Waals surface area contributed by atoms with Crippen molar-refractivity contribution in [1.82, 2.24) is 0 Å². The van der Waals surface area contributed by atoms with Crippen LogP contribution in [0.25, 0.3) is 0 Å². The molecule has 0 amide bonds. The van der Waals surface area contributed by atoms with Gasteiger partial charge in [0, 0.05) is 17.4 Å². The highest BCUT2D eigenvalue weighted by atomic mass is 19.4. The molecule has 2 saturated carbocycles. The molecular weight excluding hydrogens is 433 g/mol. The Labute approximate surface area is 164 Å². The number of carbonyl (C=O) groups excluding carboxylic acids is 3. The Hall–Kier alpha value is -2.34. The van der Waals surface area contributed by atoms with E-state index < -0.39 is 72.0 Å². The molecular formula is C17H15F7O6. The molecule has 6 nitrogen and oxygen atoms in total. The Morgan fingerprint density at radius 2 is 1.80 bits per heavy atom. The second kappa shape index (κ2) is 6.58. The number of carbonyl (C=O) groups is 3. The molecule has 2 aliphatic carbocycles. The summed E-state index contributed by atoms with van der Waals surface area (Å²) in [6, 6.07) is 0. The van der Waals surface area contributed by atoms with Crippen LogP contribution < -0.4 is 0 Å². The lowest BCUT2D eigenvalue weighted by molar-refractivity contribution is -0.360. The molecule has 0 N–H and O–H groups in total. The molecule has 3 fully saturated rings. The molecule has 1 heterocycles. The minimum absolute atomic E-state index is 0.0561. The van der Waals surface area contributed by atoms with Gasteiger partial charge >= 0.3 is 35.9 Å². The summed E-state index contributed by atoms with van der Waals surface area (Å²) >= 11 is 0. The maximum atomic E-state index is 13.4. The van der Waals surface area contributed by atoms with E-state index in [1.54, 1.807) is 0 Å². The lowest BCUT2D eigenvalue weighted by atomic mass is 9.73. The van der Waals surface area contributed by atoms with E-state index in [0.717, 1.165) is 0 Å². The molecule has 1 saturated heterocycles. The fourth-order valence-electron chi connectivity index (χ4n) is 4.24. The molecule has 13 heteroatoms. The molecule has 0 aromatic carbocycles. The summed E-state index contributed by atoms with van der Waals surface area (Å²) in [6.45, 7) is 2.18.